The van der Waals surface area contributed by atoms with Crippen molar-refractivity contribution in [2.45, 2.75) is 32.4 Å². The Balaban J connectivity index is 0.00000144. The van der Waals surface area contributed by atoms with Crippen LogP contribution < -0.4 is 5.32 Å². The van der Waals surface area contributed by atoms with E-state index in [0.717, 1.165) is 19.1 Å². The summed E-state index contributed by atoms with van der Waals surface area (Å²) in [6.07, 6.45) is 2.69. The molecule has 0 radical (unpaired) electrons. The van der Waals surface area contributed by atoms with Gasteiger partial charge in [0.2, 0.25) is 0 Å². The van der Waals surface area contributed by atoms with Crippen molar-refractivity contribution in [2.75, 3.05) is 20.1 Å². The molecule has 1 saturated heterocycles. The number of halogens is 1. The van der Waals surface area contributed by atoms with E-state index in [1.54, 1.807) is 0 Å². The standard InChI is InChI=1S/C14H22N2.ClH/c1-12-6-3-4-7-13(12)11-16-9-5-8-14(16)10-15-2;/h3-4,6-7,14-15H,5,8-11H2,1-2H3;1H. The summed E-state index contributed by atoms with van der Waals surface area (Å²) in [5.41, 5.74) is 2.89. The third-order valence-electron chi connectivity index (χ3n) is 3.57. The largest absolute Gasteiger partial charge is 0.318 e. The maximum absolute atomic E-state index is 3.30. The first kappa shape index (κ1) is 14.5. The molecule has 96 valence electrons. The number of nitrogens with zero attached hydrogens (tertiary/aromatic N) is 1. The number of aryl methyl sites for hydroxylation is 1. The highest BCUT2D eigenvalue weighted by molar-refractivity contribution is 5.85. The fraction of sp³-hybridized carbons (Fsp3) is 0.571. The Morgan fingerprint density at radius 2 is 2.12 bits per heavy atom. The fourth-order valence-electron chi connectivity index (χ4n) is 2.58. The van der Waals surface area contributed by atoms with Crippen LogP contribution in [0.3, 0.4) is 0 Å². The van der Waals surface area contributed by atoms with Crippen LogP contribution in [0.1, 0.15) is 24.0 Å². The van der Waals surface area contributed by atoms with E-state index in [9.17, 15) is 0 Å². The van der Waals surface area contributed by atoms with Gasteiger partial charge in [0.15, 0.2) is 0 Å². The number of hydrogen-bond donors (Lipinski definition) is 1. The number of likely N-dealkylation sites (tertiary alicyclic amines) is 1. The van der Waals surface area contributed by atoms with Gasteiger partial charge in [0.05, 0.1) is 0 Å². The van der Waals surface area contributed by atoms with Gasteiger partial charge in [-0.1, -0.05) is 24.3 Å². The van der Waals surface area contributed by atoms with Gasteiger partial charge in [-0.3, -0.25) is 4.90 Å². The maximum atomic E-state index is 3.30. The first-order valence-corrected chi connectivity index (χ1v) is 6.24. The number of rotatable bonds is 4. The Bertz CT molecular complexity index is 341. The van der Waals surface area contributed by atoms with E-state index in [1.165, 1.54) is 30.5 Å². The van der Waals surface area contributed by atoms with Gasteiger partial charge >= 0.3 is 0 Å². The van der Waals surface area contributed by atoms with Crippen LogP contribution in [-0.2, 0) is 6.54 Å². The molecule has 1 aliphatic rings. The second-order valence-corrected chi connectivity index (χ2v) is 4.75. The van der Waals surface area contributed by atoms with E-state index in [-0.39, 0.29) is 12.4 Å². The number of hydrogen-bond acceptors (Lipinski definition) is 2. The van der Waals surface area contributed by atoms with Crippen LogP contribution in [0.4, 0.5) is 0 Å². The van der Waals surface area contributed by atoms with Crippen molar-refractivity contribution in [3.8, 4) is 0 Å². The van der Waals surface area contributed by atoms with Gasteiger partial charge in [-0.2, -0.15) is 0 Å². The molecule has 1 atom stereocenters. The van der Waals surface area contributed by atoms with Gasteiger partial charge in [-0.25, -0.2) is 0 Å². The fourth-order valence-corrected chi connectivity index (χ4v) is 2.58. The molecule has 1 aliphatic heterocycles. The van der Waals surface area contributed by atoms with Gasteiger partial charge in [0.1, 0.15) is 0 Å². The van der Waals surface area contributed by atoms with Gasteiger partial charge < -0.3 is 5.32 Å². The third-order valence-corrected chi connectivity index (χ3v) is 3.57. The molecule has 1 aromatic rings. The molecule has 17 heavy (non-hydrogen) atoms. The zero-order valence-electron chi connectivity index (χ0n) is 10.8. The Labute approximate surface area is 111 Å². The molecule has 0 amide bonds. The lowest BCUT2D eigenvalue weighted by Gasteiger charge is -2.24. The quantitative estimate of drug-likeness (QED) is 0.889. The van der Waals surface area contributed by atoms with Crippen molar-refractivity contribution < 1.29 is 0 Å². The molecule has 1 fully saturated rings. The number of benzene rings is 1. The van der Waals surface area contributed by atoms with Crippen molar-refractivity contribution in [3.05, 3.63) is 35.4 Å². The van der Waals surface area contributed by atoms with Crippen LogP contribution in [0.5, 0.6) is 0 Å². The molecule has 0 aliphatic carbocycles. The molecule has 1 heterocycles. The van der Waals surface area contributed by atoms with Crippen molar-refractivity contribution in [2.24, 2.45) is 0 Å². The Morgan fingerprint density at radius 1 is 1.35 bits per heavy atom. The first-order valence-electron chi connectivity index (χ1n) is 6.24. The minimum atomic E-state index is 0. The minimum Gasteiger partial charge on any atom is -0.318 e. The van der Waals surface area contributed by atoms with Crippen molar-refractivity contribution in [1.82, 2.24) is 10.2 Å². The average molecular weight is 255 g/mol. The molecule has 1 unspecified atom stereocenters. The zero-order valence-corrected chi connectivity index (χ0v) is 11.6. The highest BCUT2D eigenvalue weighted by atomic mass is 35.5. The monoisotopic (exact) mass is 254 g/mol. The van der Waals surface area contributed by atoms with Gasteiger partial charge in [0, 0.05) is 19.1 Å². The molecule has 0 bridgehead atoms. The molecule has 1 aromatic carbocycles. The highest BCUT2D eigenvalue weighted by Gasteiger charge is 2.23. The minimum absolute atomic E-state index is 0. The van der Waals surface area contributed by atoms with Crippen LogP contribution in [0.15, 0.2) is 24.3 Å². The molecule has 0 spiro atoms. The van der Waals surface area contributed by atoms with Crippen molar-refractivity contribution in [1.29, 1.82) is 0 Å². The van der Waals surface area contributed by atoms with Crippen LogP contribution >= 0.6 is 12.4 Å². The SMILES string of the molecule is CNCC1CCCN1Cc1ccccc1C.Cl. The maximum Gasteiger partial charge on any atom is 0.0239 e. The number of likely N-dealkylation sites (N-methyl/N-ethyl adjacent to an activating group) is 1. The number of nitrogens with one attached hydrogen (secondary N) is 1. The Morgan fingerprint density at radius 3 is 2.82 bits per heavy atom. The van der Waals surface area contributed by atoms with Crippen LogP contribution in [0, 0.1) is 6.92 Å². The first-order chi connectivity index (χ1) is 7.81. The topological polar surface area (TPSA) is 15.3 Å². The lowest BCUT2D eigenvalue weighted by molar-refractivity contribution is 0.242. The smallest absolute Gasteiger partial charge is 0.0239 e. The van der Waals surface area contributed by atoms with E-state index in [2.05, 4.69) is 41.4 Å². The summed E-state index contributed by atoms with van der Waals surface area (Å²) in [4.78, 5) is 2.61. The molecule has 1 N–H and O–H groups in total. The van der Waals surface area contributed by atoms with Crippen molar-refractivity contribution in [3.63, 3.8) is 0 Å². The molecule has 2 nitrogen and oxygen atoms in total. The van der Waals surface area contributed by atoms with E-state index in [1.807, 2.05) is 7.05 Å². The predicted molar refractivity (Wildman–Crippen MR) is 75.8 cm³/mol. The summed E-state index contributed by atoms with van der Waals surface area (Å²) < 4.78 is 0. The normalized spacial score (nSPS) is 20.2. The Hall–Kier alpha value is -0.570. The molecule has 0 aromatic heterocycles. The second-order valence-electron chi connectivity index (χ2n) is 4.75. The van der Waals surface area contributed by atoms with Gasteiger partial charge in [0.25, 0.3) is 0 Å². The van der Waals surface area contributed by atoms with Crippen molar-refractivity contribution >= 4 is 12.4 Å². The Kier molecular flexibility index (Phi) is 5.96. The summed E-state index contributed by atoms with van der Waals surface area (Å²) in [6.45, 7) is 5.68. The summed E-state index contributed by atoms with van der Waals surface area (Å²) in [7, 11) is 2.05. The molecular weight excluding hydrogens is 232 g/mol. The van der Waals surface area contributed by atoms with E-state index in [4.69, 9.17) is 0 Å². The lowest BCUT2D eigenvalue weighted by atomic mass is 10.1. The molecule has 3 heteroatoms. The second kappa shape index (κ2) is 7.00. The van der Waals surface area contributed by atoms with Crippen LogP contribution in [-0.4, -0.2) is 31.1 Å². The van der Waals surface area contributed by atoms with Crippen LogP contribution in [0.2, 0.25) is 0 Å². The summed E-state index contributed by atoms with van der Waals surface area (Å²) in [5.74, 6) is 0. The molecular formula is C14H23ClN2. The van der Waals surface area contributed by atoms with Gasteiger partial charge in [-0.05, 0) is 44.5 Å². The highest BCUT2D eigenvalue weighted by Crippen LogP contribution is 2.20. The van der Waals surface area contributed by atoms with E-state index in [0.29, 0.717) is 0 Å². The molecule has 0 saturated carbocycles. The average Bonchev–Trinajstić information content (AvgIpc) is 2.70. The van der Waals surface area contributed by atoms with Crippen LogP contribution in [0.25, 0.3) is 0 Å². The third kappa shape index (κ3) is 3.70. The van der Waals surface area contributed by atoms with Gasteiger partial charge in [-0.15, -0.1) is 12.4 Å². The molecule has 2 rings (SSSR count). The summed E-state index contributed by atoms with van der Waals surface area (Å²) >= 11 is 0. The van der Waals surface area contributed by atoms with E-state index >= 15 is 0 Å². The lowest BCUT2D eigenvalue weighted by Crippen LogP contribution is -2.36. The summed E-state index contributed by atoms with van der Waals surface area (Å²) in [6, 6.07) is 9.45. The summed E-state index contributed by atoms with van der Waals surface area (Å²) in [5, 5.41) is 3.30. The zero-order chi connectivity index (χ0) is 11.4. The van der Waals surface area contributed by atoms with E-state index < -0.39 is 0 Å². The predicted octanol–water partition coefficient (Wildman–Crippen LogP) is 2.60.